The molecular formula is C22H17IN2O3. The molecule has 1 amide bonds. The lowest BCUT2D eigenvalue weighted by molar-refractivity contribution is -0.118. The second-order valence-corrected chi connectivity index (χ2v) is 7.55. The Morgan fingerprint density at radius 3 is 2.68 bits per heavy atom. The number of nitrogens with one attached hydrogen (secondary N) is 1. The van der Waals surface area contributed by atoms with Crippen LogP contribution in [0.15, 0.2) is 71.1 Å². The Morgan fingerprint density at radius 1 is 1.11 bits per heavy atom. The van der Waals surface area contributed by atoms with E-state index in [-0.39, 0.29) is 12.5 Å². The van der Waals surface area contributed by atoms with Gasteiger partial charge in [0.05, 0.1) is 0 Å². The van der Waals surface area contributed by atoms with Crippen molar-refractivity contribution in [3.63, 3.8) is 0 Å². The summed E-state index contributed by atoms with van der Waals surface area (Å²) in [5.41, 5.74) is 4.04. The highest BCUT2D eigenvalue weighted by Crippen LogP contribution is 2.28. The van der Waals surface area contributed by atoms with Crippen molar-refractivity contribution in [3.05, 3.63) is 75.9 Å². The molecule has 6 heteroatoms. The molecule has 0 aliphatic rings. The lowest BCUT2D eigenvalue weighted by Crippen LogP contribution is -2.20. The molecule has 0 saturated heterocycles. The number of ether oxygens (including phenoxy) is 1. The summed E-state index contributed by atoms with van der Waals surface area (Å²) in [6, 6.07) is 20.9. The predicted octanol–water partition coefficient (Wildman–Crippen LogP) is 5.43. The van der Waals surface area contributed by atoms with Crippen LogP contribution in [0, 0.1) is 10.5 Å². The number of aryl methyl sites for hydroxylation is 1. The number of benzene rings is 3. The zero-order valence-electron chi connectivity index (χ0n) is 15.1. The molecule has 0 bridgehead atoms. The Hall–Kier alpha value is -2.87. The Kier molecular flexibility index (Phi) is 5.29. The largest absolute Gasteiger partial charge is 0.484 e. The fourth-order valence-corrected chi connectivity index (χ4v) is 3.17. The summed E-state index contributed by atoms with van der Waals surface area (Å²) in [5, 5.41) is 2.82. The predicted molar refractivity (Wildman–Crippen MR) is 117 cm³/mol. The molecule has 28 heavy (non-hydrogen) atoms. The standard InChI is InChI=1S/C22H17IN2O3/c1-14-4-2-3-5-18(14)22-25-19-11-8-16(12-20(19)28-22)24-21(26)13-27-17-9-6-15(23)7-10-17/h2-12H,13H2,1H3,(H,24,26). The van der Waals surface area contributed by atoms with Gasteiger partial charge in [-0.2, -0.15) is 0 Å². The van der Waals surface area contributed by atoms with Crippen LogP contribution in [0.4, 0.5) is 5.69 Å². The molecule has 0 fully saturated rings. The number of rotatable bonds is 5. The van der Waals surface area contributed by atoms with E-state index >= 15 is 0 Å². The molecule has 4 rings (SSSR count). The van der Waals surface area contributed by atoms with E-state index < -0.39 is 0 Å². The quantitative estimate of drug-likeness (QED) is 0.384. The van der Waals surface area contributed by atoms with Gasteiger partial charge < -0.3 is 14.5 Å². The number of halogens is 1. The van der Waals surface area contributed by atoms with Crippen molar-refractivity contribution >= 4 is 45.3 Å². The zero-order valence-corrected chi connectivity index (χ0v) is 17.3. The molecular weight excluding hydrogens is 467 g/mol. The van der Waals surface area contributed by atoms with Crippen molar-refractivity contribution < 1.29 is 13.9 Å². The zero-order chi connectivity index (χ0) is 19.5. The van der Waals surface area contributed by atoms with Gasteiger partial charge in [0.2, 0.25) is 5.89 Å². The molecule has 0 radical (unpaired) electrons. The lowest BCUT2D eigenvalue weighted by atomic mass is 10.1. The minimum atomic E-state index is -0.239. The van der Waals surface area contributed by atoms with Crippen LogP contribution in [0.3, 0.4) is 0 Å². The number of hydrogen-bond donors (Lipinski definition) is 1. The highest BCUT2D eigenvalue weighted by Gasteiger charge is 2.11. The van der Waals surface area contributed by atoms with Gasteiger partial charge in [-0.3, -0.25) is 4.79 Å². The number of anilines is 1. The van der Waals surface area contributed by atoms with Gasteiger partial charge in [-0.15, -0.1) is 0 Å². The first-order valence-corrected chi connectivity index (χ1v) is 9.81. The van der Waals surface area contributed by atoms with Gasteiger partial charge >= 0.3 is 0 Å². The third-order valence-corrected chi connectivity index (χ3v) is 4.95. The number of amides is 1. The van der Waals surface area contributed by atoms with E-state index in [9.17, 15) is 4.79 Å². The fraction of sp³-hybridized carbons (Fsp3) is 0.0909. The smallest absolute Gasteiger partial charge is 0.262 e. The Morgan fingerprint density at radius 2 is 1.89 bits per heavy atom. The van der Waals surface area contributed by atoms with Crippen LogP contribution in [0.5, 0.6) is 5.75 Å². The summed E-state index contributed by atoms with van der Waals surface area (Å²) in [7, 11) is 0. The van der Waals surface area contributed by atoms with Crippen LogP contribution in [0.2, 0.25) is 0 Å². The van der Waals surface area contributed by atoms with E-state index in [0.717, 1.165) is 20.2 Å². The first-order chi connectivity index (χ1) is 13.6. The summed E-state index contributed by atoms with van der Waals surface area (Å²) in [5.74, 6) is 0.985. The number of carbonyl (C=O) groups is 1. The first-order valence-electron chi connectivity index (χ1n) is 8.73. The number of oxazole rings is 1. The van der Waals surface area contributed by atoms with Crippen molar-refractivity contribution in [1.82, 2.24) is 4.98 Å². The highest BCUT2D eigenvalue weighted by atomic mass is 127. The van der Waals surface area contributed by atoms with Gasteiger partial charge in [-0.25, -0.2) is 4.98 Å². The summed E-state index contributed by atoms with van der Waals surface area (Å²) in [6.45, 7) is 1.95. The van der Waals surface area contributed by atoms with Crippen molar-refractivity contribution in [3.8, 4) is 17.2 Å². The normalized spacial score (nSPS) is 10.8. The average Bonchev–Trinajstić information content (AvgIpc) is 3.11. The highest BCUT2D eigenvalue weighted by molar-refractivity contribution is 14.1. The number of fused-ring (bicyclic) bond motifs is 1. The monoisotopic (exact) mass is 484 g/mol. The van der Waals surface area contributed by atoms with E-state index in [1.165, 1.54) is 0 Å². The summed E-state index contributed by atoms with van der Waals surface area (Å²) >= 11 is 2.22. The number of hydrogen-bond acceptors (Lipinski definition) is 4. The van der Waals surface area contributed by atoms with E-state index in [2.05, 4.69) is 32.9 Å². The molecule has 0 aliphatic heterocycles. The first kappa shape index (κ1) is 18.5. The van der Waals surface area contributed by atoms with Gasteiger partial charge in [0.1, 0.15) is 11.3 Å². The second kappa shape index (κ2) is 8.02. The Balaban J connectivity index is 1.46. The number of aromatic nitrogens is 1. The maximum absolute atomic E-state index is 12.2. The third-order valence-electron chi connectivity index (χ3n) is 4.23. The van der Waals surface area contributed by atoms with Crippen LogP contribution >= 0.6 is 22.6 Å². The van der Waals surface area contributed by atoms with E-state index in [1.54, 1.807) is 12.1 Å². The molecule has 0 atom stereocenters. The van der Waals surface area contributed by atoms with Crippen LogP contribution < -0.4 is 10.1 Å². The number of carbonyl (C=O) groups excluding carboxylic acids is 1. The molecule has 4 aromatic rings. The molecule has 0 aliphatic carbocycles. The van der Waals surface area contributed by atoms with E-state index in [0.29, 0.717) is 22.9 Å². The second-order valence-electron chi connectivity index (χ2n) is 6.31. The SMILES string of the molecule is Cc1ccccc1-c1nc2ccc(NC(=O)COc3ccc(I)cc3)cc2o1. The molecule has 0 saturated carbocycles. The molecule has 1 N–H and O–H groups in total. The summed E-state index contributed by atoms with van der Waals surface area (Å²) in [6.07, 6.45) is 0. The number of nitrogens with zero attached hydrogens (tertiary/aromatic N) is 1. The van der Waals surface area contributed by atoms with Gasteiger partial charge in [0.25, 0.3) is 5.91 Å². The van der Waals surface area contributed by atoms with Gasteiger partial charge in [0.15, 0.2) is 12.2 Å². The molecule has 0 unspecified atom stereocenters. The molecule has 3 aromatic carbocycles. The average molecular weight is 484 g/mol. The van der Waals surface area contributed by atoms with Crippen LogP contribution in [0.1, 0.15) is 5.56 Å². The summed E-state index contributed by atoms with van der Waals surface area (Å²) < 4.78 is 12.5. The molecule has 140 valence electrons. The van der Waals surface area contributed by atoms with Crippen molar-refractivity contribution in [1.29, 1.82) is 0 Å². The Bertz CT molecular complexity index is 1140. The van der Waals surface area contributed by atoms with Crippen molar-refractivity contribution in [2.45, 2.75) is 6.92 Å². The van der Waals surface area contributed by atoms with Crippen LogP contribution in [-0.4, -0.2) is 17.5 Å². The van der Waals surface area contributed by atoms with Gasteiger partial charge in [-0.05, 0) is 77.5 Å². The molecule has 5 nitrogen and oxygen atoms in total. The van der Waals surface area contributed by atoms with Crippen LogP contribution in [0.25, 0.3) is 22.6 Å². The minimum Gasteiger partial charge on any atom is -0.484 e. The fourth-order valence-electron chi connectivity index (χ4n) is 2.81. The lowest BCUT2D eigenvalue weighted by Gasteiger charge is -2.07. The Labute approximate surface area is 175 Å². The van der Waals surface area contributed by atoms with Crippen molar-refractivity contribution in [2.24, 2.45) is 0 Å². The maximum Gasteiger partial charge on any atom is 0.262 e. The molecule has 0 spiro atoms. The maximum atomic E-state index is 12.2. The molecule has 1 aromatic heterocycles. The minimum absolute atomic E-state index is 0.0660. The van der Waals surface area contributed by atoms with Crippen LogP contribution in [-0.2, 0) is 4.79 Å². The van der Waals surface area contributed by atoms with Gasteiger partial charge in [0, 0.05) is 20.9 Å². The van der Waals surface area contributed by atoms with E-state index in [4.69, 9.17) is 9.15 Å². The van der Waals surface area contributed by atoms with Gasteiger partial charge in [-0.1, -0.05) is 18.2 Å². The molecule has 1 heterocycles. The van der Waals surface area contributed by atoms with Crippen molar-refractivity contribution in [2.75, 3.05) is 11.9 Å². The van der Waals surface area contributed by atoms with E-state index in [1.807, 2.05) is 61.5 Å². The topological polar surface area (TPSA) is 64.4 Å². The third kappa shape index (κ3) is 4.17. The summed E-state index contributed by atoms with van der Waals surface area (Å²) in [4.78, 5) is 16.7.